The second-order valence-electron chi connectivity index (χ2n) is 4.39. The van der Waals surface area contributed by atoms with Gasteiger partial charge in [-0.3, -0.25) is 0 Å². The van der Waals surface area contributed by atoms with E-state index in [1.165, 1.54) is 25.7 Å². The lowest BCUT2D eigenvalue weighted by Crippen LogP contribution is -2.25. The minimum absolute atomic E-state index is 0.0160. The van der Waals surface area contributed by atoms with Crippen molar-refractivity contribution in [2.24, 2.45) is 11.8 Å². The molecule has 0 radical (unpaired) electrons. The van der Waals surface area contributed by atoms with E-state index in [2.05, 4.69) is 13.8 Å². The van der Waals surface area contributed by atoms with Crippen molar-refractivity contribution in [2.75, 3.05) is 0 Å². The average Bonchev–Trinajstić information content (AvgIpc) is 2.05. The number of rotatable bonds is 3. The van der Waals surface area contributed by atoms with Crippen LogP contribution >= 0.6 is 0 Å². The van der Waals surface area contributed by atoms with E-state index in [0.29, 0.717) is 5.92 Å². The largest absolute Gasteiger partial charge is 0.393 e. The topological polar surface area (TPSA) is 20.2 Å². The van der Waals surface area contributed by atoms with Gasteiger partial charge >= 0.3 is 0 Å². The molecular weight excluding hydrogens is 148 g/mol. The smallest absolute Gasteiger partial charge is 0.0568 e. The Kier molecular flexibility index (Phi) is 4.07. The maximum absolute atomic E-state index is 9.79. The second kappa shape index (κ2) is 4.86. The minimum atomic E-state index is -0.0160. The van der Waals surface area contributed by atoms with Gasteiger partial charge < -0.3 is 5.11 Å². The molecule has 0 heterocycles. The highest BCUT2D eigenvalue weighted by atomic mass is 16.3. The zero-order valence-corrected chi connectivity index (χ0v) is 8.42. The summed E-state index contributed by atoms with van der Waals surface area (Å²) in [4.78, 5) is 0. The van der Waals surface area contributed by atoms with Crippen LogP contribution in [0.15, 0.2) is 0 Å². The lowest BCUT2D eigenvalue weighted by atomic mass is 9.79. The highest BCUT2D eigenvalue weighted by molar-refractivity contribution is 4.75. The standard InChI is InChI=1S/C11H22O/c1-3-5-11(12)10-7-4-6-9(2)8-10/h9-12H,3-8H2,1-2H3/t9?,10?,11-/m1/s1. The molecule has 1 fully saturated rings. The molecular formula is C11H22O. The Balaban J connectivity index is 2.29. The molecule has 0 aromatic rings. The van der Waals surface area contributed by atoms with Crippen molar-refractivity contribution in [1.29, 1.82) is 0 Å². The van der Waals surface area contributed by atoms with Crippen molar-refractivity contribution in [1.82, 2.24) is 0 Å². The normalized spacial score (nSPS) is 33.2. The summed E-state index contributed by atoms with van der Waals surface area (Å²) in [7, 11) is 0. The molecule has 2 unspecified atom stereocenters. The van der Waals surface area contributed by atoms with Crippen molar-refractivity contribution < 1.29 is 5.11 Å². The Hall–Kier alpha value is -0.0400. The average molecular weight is 170 g/mol. The number of aliphatic hydroxyl groups excluding tert-OH is 1. The third-order valence-electron chi connectivity index (χ3n) is 3.11. The van der Waals surface area contributed by atoms with Crippen molar-refractivity contribution in [3.63, 3.8) is 0 Å². The molecule has 1 rings (SSSR count). The Labute approximate surface area is 76.2 Å². The maximum atomic E-state index is 9.79. The van der Waals surface area contributed by atoms with E-state index in [9.17, 15) is 5.11 Å². The van der Waals surface area contributed by atoms with Crippen LogP contribution in [0.2, 0.25) is 0 Å². The van der Waals surface area contributed by atoms with Gasteiger partial charge in [0.1, 0.15) is 0 Å². The quantitative estimate of drug-likeness (QED) is 0.690. The van der Waals surface area contributed by atoms with Gasteiger partial charge in [-0.25, -0.2) is 0 Å². The van der Waals surface area contributed by atoms with Crippen LogP contribution in [0.1, 0.15) is 52.4 Å². The molecule has 1 aliphatic carbocycles. The summed E-state index contributed by atoms with van der Waals surface area (Å²) in [6, 6.07) is 0. The van der Waals surface area contributed by atoms with Gasteiger partial charge in [-0.2, -0.15) is 0 Å². The fourth-order valence-electron chi connectivity index (χ4n) is 2.36. The molecule has 0 spiro atoms. The Morgan fingerprint density at radius 2 is 2.17 bits per heavy atom. The van der Waals surface area contributed by atoms with Gasteiger partial charge in [-0.15, -0.1) is 0 Å². The van der Waals surface area contributed by atoms with E-state index in [4.69, 9.17) is 0 Å². The van der Waals surface area contributed by atoms with Crippen LogP contribution in [0.3, 0.4) is 0 Å². The fraction of sp³-hybridized carbons (Fsp3) is 1.00. The summed E-state index contributed by atoms with van der Waals surface area (Å²) in [5, 5.41) is 9.79. The van der Waals surface area contributed by atoms with Gasteiger partial charge in [0.25, 0.3) is 0 Å². The fourth-order valence-corrected chi connectivity index (χ4v) is 2.36. The molecule has 0 amide bonds. The zero-order valence-electron chi connectivity index (χ0n) is 8.42. The Morgan fingerprint density at radius 1 is 1.42 bits per heavy atom. The van der Waals surface area contributed by atoms with Crippen LogP contribution in [-0.2, 0) is 0 Å². The van der Waals surface area contributed by atoms with Crippen LogP contribution in [0.4, 0.5) is 0 Å². The van der Waals surface area contributed by atoms with E-state index >= 15 is 0 Å². The monoisotopic (exact) mass is 170 g/mol. The molecule has 1 N–H and O–H groups in total. The predicted molar refractivity (Wildman–Crippen MR) is 52.0 cm³/mol. The molecule has 1 heteroatoms. The number of hydrogen-bond acceptors (Lipinski definition) is 1. The first kappa shape index (κ1) is 10.0. The van der Waals surface area contributed by atoms with Gasteiger partial charge in [-0.1, -0.05) is 33.1 Å². The molecule has 0 aromatic carbocycles. The summed E-state index contributed by atoms with van der Waals surface area (Å²) < 4.78 is 0. The van der Waals surface area contributed by atoms with Crippen LogP contribution in [0.25, 0.3) is 0 Å². The zero-order chi connectivity index (χ0) is 8.97. The lowest BCUT2D eigenvalue weighted by molar-refractivity contribution is 0.0643. The van der Waals surface area contributed by atoms with E-state index < -0.39 is 0 Å². The predicted octanol–water partition coefficient (Wildman–Crippen LogP) is 2.97. The van der Waals surface area contributed by atoms with Gasteiger partial charge in [0.2, 0.25) is 0 Å². The molecule has 0 saturated heterocycles. The molecule has 12 heavy (non-hydrogen) atoms. The Morgan fingerprint density at radius 3 is 2.75 bits per heavy atom. The van der Waals surface area contributed by atoms with Crippen molar-refractivity contribution in [2.45, 2.75) is 58.5 Å². The van der Waals surface area contributed by atoms with Crippen molar-refractivity contribution in [3.8, 4) is 0 Å². The summed E-state index contributed by atoms with van der Waals surface area (Å²) in [6.07, 6.45) is 7.30. The maximum Gasteiger partial charge on any atom is 0.0568 e. The molecule has 0 aromatic heterocycles. The first-order chi connectivity index (χ1) is 5.74. The summed E-state index contributed by atoms with van der Waals surface area (Å²) in [5.41, 5.74) is 0. The van der Waals surface area contributed by atoms with Crippen LogP contribution in [-0.4, -0.2) is 11.2 Å². The van der Waals surface area contributed by atoms with Crippen LogP contribution in [0.5, 0.6) is 0 Å². The number of hydrogen-bond donors (Lipinski definition) is 1. The van der Waals surface area contributed by atoms with E-state index in [0.717, 1.165) is 18.8 Å². The molecule has 1 aliphatic rings. The van der Waals surface area contributed by atoms with Gasteiger partial charge in [0.15, 0.2) is 0 Å². The second-order valence-corrected chi connectivity index (χ2v) is 4.39. The molecule has 1 saturated carbocycles. The van der Waals surface area contributed by atoms with Crippen molar-refractivity contribution in [3.05, 3.63) is 0 Å². The first-order valence-electron chi connectivity index (χ1n) is 5.42. The summed E-state index contributed by atoms with van der Waals surface area (Å²) in [6.45, 7) is 4.46. The van der Waals surface area contributed by atoms with E-state index in [1.54, 1.807) is 0 Å². The SMILES string of the molecule is CCC[C@@H](O)C1CCCC(C)C1. The van der Waals surface area contributed by atoms with Gasteiger partial charge in [0, 0.05) is 0 Å². The molecule has 0 aliphatic heterocycles. The third kappa shape index (κ3) is 2.78. The first-order valence-corrected chi connectivity index (χ1v) is 5.42. The van der Waals surface area contributed by atoms with E-state index in [1.807, 2.05) is 0 Å². The highest BCUT2D eigenvalue weighted by Gasteiger charge is 2.24. The summed E-state index contributed by atoms with van der Waals surface area (Å²) in [5.74, 6) is 1.45. The Bertz CT molecular complexity index is 122. The summed E-state index contributed by atoms with van der Waals surface area (Å²) >= 11 is 0. The third-order valence-corrected chi connectivity index (χ3v) is 3.11. The molecule has 3 atom stereocenters. The van der Waals surface area contributed by atoms with Crippen molar-refractivity contribution >= 4 is 0 Å². The highest BCUT2D eigenvalue weighted by Crippen LogP contribution is 2.31. The van der Waals surface area contributed by atoms with Gasteiger partial charge in [-0.05, 0) is 31.1 Å². The van der Waals surface area contributed by atoms with Crippen LogP contribution < -0.4 is 0 Å². The minimum Gasteiger partial charge on any atom is -0.393 e. The molecule has 1 nitrogen and oxygen atoms in total. The lowest BCUT2D eigenvalue weighted by Gasteiger charge is -2.30. The van der Waals surface area contributed by atoms with Gasteiger partial charge in [0.05, 0.1) is 6.10 Å². The van der Waals surface area contributed by atoms with E-state index in [-0.39, 0.29) is 6.10 Å². The molecule has 0 bridgehead atoms. The molecule has 72 valence electrons. The number of aliphatic hydroxyl groups is 1. The van der Waals surface area contributed by atoms with Crippen LogP contribution in [0, 0.1) is 11.8 Å².